The smallest absolute Gasteiger partial charge is 0.244 e. The molecule has 0 saturated heterocycles. The number of nitrogens with zero attached hydrogens (tertiary/aromatic N) is 1. The Morgan fingerprint density at radius 2 is 1.84 bits per heavy atom. The summed E-state index contributed by atoms with van der Waals surface area (Å²) in [5.74, 6) is -0.0234. The highest BCUT2D eigenvalue weighted by Gasteiger charge is 2.18. The van der Waals surface area contributed by atoms with Gasteiger partial charge in [0.2, 0.25) is 15.9 Å². The van der Waals surface area contributed by atoms with Crippen LogP contribution in [0.1, 0.15) is 29.7 Å². The zero-order chi connectivity index (χ0) is 23.0. The molecule has 0 radical (unpaired) electrons. The SMILES string of the molecule is CCc1ccc(C(CNC(=O)/C=C/c2ccc(OC)c(S(=O)(=O)NC)c2)N(C)C)cc1. The number of amides is 1. The molecule has 1 unspecified atom stereocenters. The van der Waals surface area contributed by atoms with Crippen molar-refractivity contribution in [3.63, 3.8) is 0 Å². The second-order valence-electron chi connectivity index (χ2n) is 7.27. The van der Waals surface area contributed by atoms with Crippen LogP contribution in [-0.4, -0.2) is 54.0 Å². The van der Waals surface area contributed by atoms with Crippen LogP contribution in [0.2, 0.25) is 0 Å². The highest BCUT2D eigenvalue weighted by Crippen LogP contribution is 2.25. The van der Waals surface area contributed by atoms with Gasteiger partial charge >= 0.3 is 0 Å². The van der Waals surface area contributed by atoms with Gasteiger partial charge in [-0.1, -0.05) is 37.3 Å². The number of ether oxygens (including phenoxy) is 1. The summed E-state index contributed by atoms with van der Waals surface area (Å²) in [5, 5.41) is 2.92. The summed E-state index contributed by atoms with van der Waals surface area (Å²) in [6.07, 6.45) is 3.95. The average Bonchev–Trinajstić information content (AvgIpc) is 2.77. The summed E-state index contributed by atoms with van der Waals surface area (Å²) in [5.41, 5.74) is 2.97. The van der Waals surface area contributed by atoms with Gasteiger partial charge in [-0.15, -0.1) is 0 Å². The number of carbonyl (C=O) groups is 1. The van der Waals surface area contributed by atoms with Gasteiger partial charge in [0.1, 0.15) is 10.6 Å². The first-order chi connectivity index (χ1) is 14.7. The number of sulfonamides is 1. The minimum Gasteiger partial charge on any atom is -0.495 e. The van der Waals surface area contributed by atoms with E-state index >= 15 is 0 Å². The maximum absolute atomic E-state index is 12.4. The number of carbonyl (C=O) groups excluding carboxylic acids is 1. The summed E-state index contributed by atoms with van der Waals surface area (Å²) < 4.78 is 31.8. The predicted molar refractivity (Wildman–Crippen MR) is 124 cm³/mol. The van der Waals surface area contributed by atoms with Crippen LogP contribution >= 0.6 is 0 Å². The number of benzene rings is 2. The van der Waals surface area contributed by atoms with E-state index in [1.54, 1.807) is 18.2 Å². The van der Waals surface area contributed by atoms with E-state index in [1.807, 2.05) is 14.1 Å². The molecule has 31 heavy (non-hydrogen) atoms. The number of aryl methyl sites for hydroxylation is 1. The van der Waals surface area contributed by atoms with Crippen LogP contribution in [0.25, 0.3) is 6.08 Å². The first kappa shape index (κ1) is 24.6. The number of likely N-dealkylation sites (N-methyl/N-ethyl adjacent to an activating group) is 1. The zero-order valence-corrected chi connectivity index (χ0v) is 19.5. The molecule has 168 valence electrons. The lowest BCUT2D eigenvalue weighted by Crippen LogP contribution is -2.33. The Labute approximate surface area is 185 Å². The summed E-state index contributed by atoms with van der Waals surface area (Å²) in [4.78, 5) is 14.4. The molecule has 0 bridgehead atoms. The van der Waals surface area contributed by atoms with Crippen LogP contribution in [0.3, 0.4) is 0 Å². The summed E-state index contributed by atoms with van der Waals surface area (Å²) >= 11 is 0. The van der Waals surface area contributed by atoms with Gasteiger partial charge < -0.3 is 15.0 Å². The van der Waals surface area contributed by atoms with Crippen molar-refractivity contribution in [3.8, 4) is 5.75 Å². The highest BCUT2D eigenvalue weighted by molar-refractivity contribution is 7.89. The van der Waals surface area contributed by atoms with Gasteiger partial charge in [0.25, 0.3) is 0 Å². The Balaban J connectivity index is 2.09. The van der Waals surface area contributed by atoms with Gasteiger partial charge in [-0.25, -0.2) is 13.1 Å². The molecular weight excluding hydrogens is 414 g/mol. The van der Waals surface area contributed by atoms with E-state index in [1.165, 1.54) is 31.9 Å². The molecule has 2 rings (SSSR count). The maximum atomic E-state index is 12.4. The van der Waals surface area contributed by atoms with E-state index in [-0.39, 0.29) is 22.6 Å². The number of hydrogen-bond donors (Lipinski definition) is 2. The van der Waals surface area contributed by atoms with E-state index in [2.05, 4.69) is 46.1 Å². The fourth-order valence-corrected chi connectivity index (χ4v) is 4.05. The van der Waals surface area contributed by atoms with Crippen LogP contribution < -0.4 is 14.8 Å². The Morgan fingerprint density at radius 1 is 1.16 bits per heavy atom. The van der Waals surface area contributed by atoms with Gasteiger partial charge in [-0.3, -0.25) is 4.79 Å². The normalized spacial score (nSPS) is 12.8. The van der Waals surface area contributed by atoms with Gasteiger partial charge in [0.05, 0.1) is 13.2 Å². The molecule has 2 aromatic rings. The van der Waals surface area contributed by atoms with Gasteiger partial charge in [-0.05, 0) is 62.5 Å². The summed E-state index contributed by atoms with van der Waals surface area (Å²) in [6, 6.07) is 13.1. The minimum absolute atomic E-state index is 0.0169. The largest absolute Gasteiger partial charge is 0.495 e. The van der Waals surface area contributed by atoms with E-state index in [0.717, 1.165) is 12.0 Å². The third-order valence-electron chi connectivity index (χ3n) is 5.04. The molecule has 2 aromatic carbocycles. The standard InChI is InChI=1S/C23H31N3O4S/c1-6-17-7-11-19(12-8-17)20(26(3)4)16-25-23(27)14-10-18-9-13-21(30-5)22(15-18)31(28,29)24-2/h7-15,20,24H,6,16H2,1-5H3,(H,25,27)/b14-10+. The molecular formula is C23H31N3O4S. The van der Waals surface area contributed by atoms with Crippen molar-refractivity contribution in [3.05, 3.63) is 65.2 Å². The first-order valence-corrected chi connectivity index (χ1v) is 11.5. The summed E-state index contributed by atoms with van der Waals surface area (Å²) in [7, 11) is 3.01. The molecule has 0 saturated carbocycles. The monoisotopic (exact) mass is 445 g/mol. The van der Waals surface area contributed by atoms with Crippen molar-refractivity contribution in [2.75, 3.05) is 34.8 Å². The molecule has 0 fully saturated rings. The van der Waals surface area contributed by atoms with Crippen molar-refractivity contribution in [2.45, 2.75) is 24.3 Å². The lowest BCUT2D eigenvalue weighted by Gasteiger charge is -2.25. The van der Waals surface area contributed by atoms with Gasteiger partial charge in [0.15, 0.2) is 0 Å². The molecule has 8 heteroatoms. The second kappa shape index (κ2) is 11.1. The quantitative estimate of drug-likeness (QED) is 0.549. The first-order valence-electron chi connectivity index (χ1n) is 10.0. The Kier molecular flexibility index (Phi) is 8.79. The second-order valence-corrected chi connectivity index (χ2v) is 9.13. The Hall–Kier alpha value is -2.68. The van der Waals surface area contributed by atoms with Crippen molar-refractivity contribution in [2.24, 2.45) is 0 Å². The Morgan fingerprint density at radius 3 is 2.39 bits per heavy atom. The fraction of sp³-hybridized carbons (Fsp3) is 0.348. The van der Waals surface area contributed by atoms with Gasteiger partial charge in [-0.2, -0.15) is 0 Å². The third-order valence-corrected chi connectivity index (χ3v) is 6.47. The van der Waals surface area contributed by atoms with Crippen LogP contribution in [-0.2, 0) is 21.2 Å². The fourth-order valence-electron chi connectivity index (χ4n) is 3.12. The van der Waals surface area contributed by atoms with Crippen LogP contribution in [0.5, 0.6) is 5.75 Å². The topological polar surface area (TPSA) is 87.7 Å². The average molecular weight is 446 g/mol. The van der Waals surface area contributed by atoms with Crippen molar-refractivity contribution >= 4 is 22.0 Å². The molecule has 0 aromatic heterocycles. The maximum Gasteiger partial charge on any atom is 0.244 e. The van der Waals surface area contributed by atoms with Crippen molar-refractivity contribution in [1.82, 2.24) is 14.9 Å². The number of methoxy groups -OCH3 is 1. The molecule has 0 aliphatic heterocycles. The van der Waals surface area contributed by atoms with E-state index in [9.17, 15) is 13.2 Å². The molecule has 0 aliphatic carbocycles. The number of nitrogens with one attached hydrogen (secondary N) is 2. The van der Waals surface area contributed by atoms with Crippen LogP contribution in [0.4, 0.5) is 0 Å². The number of rotatable bonds is 10. The highest BCUT2D eigenvalue weighted by atomic mass is 32.2. The summed E-state index contributed by atoms with van der Waals surface area (Å²) in [6.45, 7) is 2.56. The molecule has 2 N–H and O–H groups in total. The van der Waals surface area contributed by atoms with Crippen LogP contribution in [0, 0.1) is 0 Å². The predicted octanol–water partition coefficient (Wildman–Crippen LogP) is 2.60. The third kappa shape index (κ3) is 6.65. The van der Waals surface area contributed by atoms with Crippen molar-refractivity contribution in [1.29, 1.82) is 0 Å². The van der Waals surface area contributed by atoms with E-state index in [0.29, 0.717) is 12.1 Å². The van der Waals surface area contributed by atoms with Crippen molar-refractivity contribution < 1.29 is 17.9 Å². The van der Waals surface area contributed by atoms with Gasteiger partial charge in [0, 0.05) is 12.6 Å². The molecule has 0 aliphatic rings. The Bertz CT molecular complexity index is 1020. The van der Waals surface area contributed by atoms with E-state index in [4.69, 9.17) is 4.74 Å². The minimum atomic E-state index is -3.68. The van der Waals surface area contributed by atoms with Crippen LogP contribution in [0.15, 0.2) is 53.4 Å². The van der Waals surface area contributed by atoms with E-state index < -0.39 is 10.0 Å². The molecule has 0 spiro atoms. The lowest BCUT2D eigenvalue weighted by atomic mass is 10.0. The zero-order valence-electron chi connectivity index (χ0n) is 18.7. The lowest BCUT2D eigenvalue weighted by molar-refractivity contribution is -0.116. The molecule has 7 nitrogen and oxygen atoms in total. The molecule has 1 atom stereocenters. The number of hydrogen-bond acceptors (Lipinski definition) is 5. The molecule has 0 heterocycles. The molecule has 1 amide bonds.